The number of fused-ring (bicyclic) bond motifs is 1. The van der Waals surface area contributed by atoms with E-state index < -0.39 is 5.41 Å². The van der Waals surface area contributed by atoms with Crippen LogP contribution in [0.5, 0.6) is 5.75 Å². The molecule has 1 aromatic heterocycles. The zero-order chi connectivity index (χ0) is 14.3. The van der Waals surface area contributed by atoms with Gasteiger partial charge in [0, 0.05) is 11.6 Å². The fraction of sp³-hybridized carbons (Fsp3) is 0.375. The molecular formula is C16H18N2O2. The second-order valence-corrected chi connectivity index (χ2v) is 5.69. The standard InChI is InChI=1S/C16H18N2O2/c1-10(2)20-13-4-3-11-8-14(18-9-12(11)7-13)16(5-6-16)15(17)19/h3-4,7-10H,5-6H2,1-2H3,(H2,17,19). The summed E-state index contributed by atoms with van der Waals surface area (Å²) < 4.78 is 5.67. The van der Waals surface area contributed by atoms with Crippen LogP contribution in [0.4, 0.5) is 0 Å². The molecule has 0 spiro atoms. The Morgan fingerprint density at radius 1 is 1.30 bits per heavy atom. The number of nitrogens with zero attached hydrogens (tertiary/aromatic N) is 1. The second kappa shape index (κ2) is 4.47. The molecule has 4 nitrogen and oxygen atoms in total. The molecule has 1 heterocycles. The minimum atomic E-state index is -0.526. The number of ether oxygens (including phenoxy) is 1. The molecule has 20 heavy (non-hydrogen) atoms. The normalized spacial score (nSPS) is 16.4. The van der Waals surface area contributed by atoms with E-state index in [0.717, 1.165) is 35.1 Å². The van der Waals surface area contributed by atoms with Gasteiger partial charge in [-0.05, 0) is 50.3 Å². The van der Waals surface area contributed by atoms with E-state index in [1.807, 2.05) is 38.1 Å². The first-order valence-electron chi connectivity index (χ1n) is 6.88. The van der Waals surface area contributed by atoms with Crippen LogP contribution in [-0.2, 0) is 10.2 Å². The van der Waals surface area contributed by atoms with Crippen molar-refractivity contribution in [2.24, 2.45) is 5.73 Å². The Morgan fingerprint density at radius 3 is 2.65 bits per heavy atom. The molecule has 104 valence electrons. The minimum Gasteiger partial charge on any atom is -0.491 e. The summed E-state index contributed by atoms with van der Waals surface area (Å²) in [5, 5.41) is 2.06. The fourth-order valence-corrected chi connectivity index (χ4v) is 2.48. The number of carbonyl (C=O) groups excluding carboxylic acids is 1. The first-order valence-corrected chi connectivity index (χ1v) is 6.88. The minimum absolute atomic E-state index is 0.143. The van der Waals surface area contributed by atoms with Crippen molar-refractivity contribution in [2.75, 3.05) is 0 Å². The summed E-state index contributed by atoms with van der Waals surface area (Å²) in [6.07, 6.45) is 3.54. The van der Waals surface area contributed by atoms with Gasteiger partial charge in [0.05, 0.1) is 17.2 Å². The largest absolute Gasteiger partial charge is 0.491 e. The second-order valence-electron chi connectivity index (χ2n) is 5.69. The zero-order valence-corrected chi connectivity index (χ0v) is 11.7. The van der Waals surface area contributed by atoms with Crippen LogP contribution < -0.4 is 10.5 Å². The summed E-state index contributed by atoms with van der Waals surface area (Å²) >= 11 is 0. The van der Waals surface area contributed by atoms with E-state index in [1.165, 1.54) is 0 Å². The van der Waals surface area contributed by atoms with Gasteiger partial charge in [0.15, 0.2) is 0 Å². The summed E-state index contributed by atoms with van der Waals surface area (Å²) in [6, 6.07) is 7.87. The molecule has 1 fully saturated rings. The van der Waals surface area contributed by atoms with Gasteiger partial charge in [0.2, 0.25) is 5.91 Å². The lowest BCUT2D eigenvalue weighted by Crippen LogP contribution is -2.29. The number of aromatic nitrogens is 1. The number of amides is 1. The highest BCUT2D eigenvalue weighted by molar-refractivity contribution is 5.91. The molecule has 1 saturated carbocycles. The molecule has 0 unspecified atom stereocenters. The third-order valence-corrected chi connectivity index (χ3v) is 3.78. The summed E-state index contributed by atoms with van der Waals surface area (Å²) in [5.41, 5.74) is 5.75. The number of benzene rings is 1. The van der Waals surface area contributed by atoms with Gasteiger partial charge < -0.3 is 10.5 Å². The smallest absolute Gasteiger partial charge is 0.229 e. The van der Waals surface area contributed by atoms with Crippen LogP contribution in [0.15, 0.2) is 30.5 Å². The van der Waals surface area contributed by atoms with Crippen molar-refractivity contribution in [3.05, 3.63) is 36.2 Å². The number of rotatable bonds is 4. The van der Waals surface area contributed by atoms with Gasteiger partial charge in [0.1, 0.15) is 5.75 Å². The number of nitrogens with two attached hydrogens (primary N) is 1. The average molecular weight is 270 g/mol. The highest BCUT2D eigenvalue weighted by Gasteiger charge is 2.51. The van der Waals surface area contributed by atoms with E-state index in [9.17, 15) is 4.79 Å². The van der Waals surface area contributed by atoms with Crippen molar-refractivity contribution in [3.63, 3.8) is 0 Å². The van der Waals surface area contributed by atoms with Crippen molar-refractivity contribution in [2.45, 2.75) is 38.2 Å². The Hall–Kier alpha value is -2.10. The monoisotopic (exact) mass is 270 g/mol. The average Bonchev–Trinajstić information content (AvgIpc) is 3.19. The SMILES string of the molecule is CC(C)Oc1ccc2cc(C3(C(N)=O)CC3)ncc2c1. The molecule has 2 aromatic rings. The van der Waals surface area contributed by atoms with Crippen LogP contribution >= 0.6 is 0 Å². The summed E-state index contributed by atoms with van der Waals surface area (Å²) in [4.78, 5) is 16.0. The molecule has 1 amide bonds. The van der Waals surface area contributed by atoms with Crippen molar-refractivity contribution in [1.29, 1.82) is 0 Å². The molecule has 0 radical (unpaired) electrons. The molecule has 4 heteroatoms. The predicted molar refractivity (Wildman–Crippen MR) is 77.6 cm³/mol. The summed E-state index contributed by atoms with van der Waals surface area (Å²) in [7, 11) is 0. The molecule has 1 aliphatic carbocycles. The van der Waals surface area contributed by atoms with Gasteiger partial charge in [-0.3, -0.25) is 9.78 Å². The predicted octanol–water partition coefficient (Wildman–Crippen LogP) is 2.54. The van der Waals surface area contributed by atoms with Gasteiger partial charge in [-0.15, -0.1) is 0 Å². The van der Waals surface area contributed by atoms with E-state index in [0.29, 0.717) is 0 Å². The van der Waals surface area contributed by atoms with E-state index in [2.05, 4.69) is 4.98 Å². The molecule has 1 aromatic carbocycles. The summed E-state index contributed by atoms with van der Waals surface area (Å²) in [5.74, 6) is 0.558. The lowest BCUT2D eigenvalue weighted by molar-refractivity contribution is -0.120. The Labute approximate surface area is 117 Å². The van der Waals surface area contributed by atoms with Gasteiger partial charge in [-0.2, -0.15) is 0 Å². The van der Waals surface area contributed by atoms with Crippen molar-refractivity contribution in [3.8, 4) is 5.75 Å². The van der Waals surface area contributed by atoms with Crippen LogP contribution in [0.3, 0.4) is 0 Å². The number of hydrogen-bond donors (Lipinski definition) is 1. The maximum absolute atomic E-state index is 11.6. The number of primary amides is 1. The zero-order valence-electron chi connectivity index (χ0n) is 11.7. The lowest BCUT2D eigenvalue weighted by atomic mass is 9.99. The summed E-state index contributed by atoms with van der Waals surface area (Å²) in [6.45, 7) is 3.99. The van der Waals surface area contributed by atoms with Crippen LogP contribution in [-0.4, -0.2) is 17.0 Å². The first kappa shape index (κ1) is 12.9. The van der Waals surface area contributed by atoms with E-state index in [4.69, 9.17) is 10.5 Å². The fourth-order valence-electron chi connectivity index (χ4n) is 2.48. The van der Waals surface area contributed by atoms with Crippen LogP contribution in [0.1, 0.15) is 32.4 Å². The number of carbonyl (C=O) groups is 1. The molecular weight excluding hydrogens is 252 g/mol. The Balaban J connectivity index is 1.99. The molecule has 2 N–H and O–H groups in total. The van der Waals surface area contributed by atoms with E-state index in [1.54, 1.807) is 6.20 Å². The van der Waals surface area contributed by atoms with Gasteiger partial charge in [-0.1, -0.05) is 6.07 Å². The van der Waals surface area contributed by atoms with E-state index in [-0.39, 0.29) is 12.0 Å². The van der Waals surface area contributed by atoms with Crippen molar-refractivity contribution < 1.29 is 9.53 Å². The van der Waals surface area contributed by atoms with Gasteiger partial charge in [-0.25, -0.2) is 0 Å². The highest BCUT2D eigenvalue weighted by atomic mass is 16.5. The number of hydrogen-bond acceptors (Lipinski definition) is 3. The van der Waals surface area contributed by atoms with Crippen LogP contribution in [0, 0.1) is 0 Å². The first-order chi connectivity index (χ1) is 9.51. The maximum atomic E-state index is 11.6. The van der Waals surface area contributed by atoms with Crippen molar-refractivity contribution >= 4 is 16.7 Å². The molecule has 0 atom stereocenters. The van der Waals surface area contributed by atoms with Crippen LogP contribution in [0.25, 0.3) is 10.8 Å². The third-order valence-electron chi connectivity index (χ3n) is 3.78. The quantitative estimate of drug-likeness (QED) is 0.928. The van der Waals surface area contributed by atoms with Gasteiger partial charge in [0.25, 0.3) is 0 Å². The number of pyridine rings is 1. The molecule has 0 aliphatic heterocycles. The van der Waals surface area contributed by atoms with E-state index >= 15 is 0 Å². The Kier molecular flexibility index (Phi) is 2.89. The Morgan fingerprint density at radius 2 is 2.05 bits per heavy atom. The molecule has 1 aliphatic rings. The third kappa shape index (κ3) is 2.11. The topological polar surface area (TPSA) is 65.2 Å². The Bertz CT molecular complexity index is 675. The van der Waals surface area contributed by atoms with Crippen LogP contribution in [0.2, 0.25) is 0 Å². The lowest BCUT2D eigenvalue weighted by Gasteiger charge is -2.13. The van der Waals surface area contributed by atoms with Gasteiger partial charge >= 0.3 is 0 Å². The maximum Gasteiger partial charge on any atom is 0.229 e. The molecule has 0 saturated heterocycles. The highest BCUT2D eigenvalue weighted by Crippen LogP contribution is 2.47. The molecule has 3 rings (SSSR count). The van der Waals surface area contributed by atoms with Crippen molar-refractivity contribution in [1.82, 2.24) is 4.98 Å². The molecule has 0 bridgehead atoms.